The third-order valence-corrected chi connectivity index (χ3v) is 6.55. The number of nitrogens with zero attached hydrogens (tertiary/aromatic N) is 5. The first-order valence-electron chi connectivity index (χ1n) is 9.78. The minimum atomic E-state index is 0.780. The molecule has 0 amide bonds. The van der Waals surface area contributed by atoms with Crippen molar-refractivity contribution in [3.8, 4) is 22.0 Å². The maximum absolute atomic E-state index is 4.82. The monoisotopic (exact) mass is 421 g/mol. The maximum Gasteiger partial charge on any atom is 0.191 e. The maximum atomic E-state index is 4.82. The van der Waals surface area contributed by atoms with E-state index in [1.807, 2.05) is 12.1 Å². The lowest BCUT2D eigenvalue weighted by molar-refractivity contribution is 0.626. The molecule has 0 aliphatic carbocycles. The molecule has 0 saturated heterocycles. The van der Waals surface area contributed by atoms with Crippen LogP contribution >= 0.6 is 23.1 Å². The highest BCUT2D eigenvalue weighted by molar-refractivity contribution is 7.98. The summed E-state index contributed by atoms with van der Waals surface area (Å²) in [7, 11) is 0. The van der Waals surface area contributed by atoms with Gasteiger partial charge in [0.2, 0.25) is 0 Å². The number of hydrogen-bond acceptors (Lipinski definition) is 6. The van der Waals surface area contributed by atoms with Crippen LogP contribution in [-0.4, -0.2) is 24.7 Å². The summed E-state index contributed by atoms with van der Waals surface area (Å²) in [5.41, 5.74) is 4.64. The Kier molecular flexibility index (Phi) is 6.36. The van der Waals surface area contributed by atoms with Crippen LogP contribution in [0.25, 0.3) is 22.0 Å². The van der Waals surface area contributed by atoms with E-state index in [9.17, 15) is 0 Å². The first kappa shape index (κ1) is 19.8. The lowest BCUT2D eigenvalue weighted by Gasteiger charge is -2.08. The van der Waals surface area contributed by atoms with Gasteiger partial charge in [-0.05, 0) is 30.5 Å². The van der Waals surface area contributed by atoms with Crippen LogP contribution in [0.15, 0.2) is 59.3 Å². The molecule has 0 aliphatic heterocycles. The first-order valence-corrected chi connectivity index (χ1v) is 11.6. The normalized spacial score (nSPS) is 11.1. The summed E-state index contributed by atoms with van der Waals surface area (Å²) in [5.74, 6) is 1.67. The van der Waals surface area contributed by atoms with E-state index in [0.717, 1.165) is 52.4 Å². The van der Waals surface area contributed by atoms with Crippen molar-refractivity contribution in [1.29, 1.82) is 0 Å². The van der Waals surface area contributed by atoms with Crippen molar-refractivity contribution < 1.29 is 0 Å². The summed E-state index contributed by atoms with van der Waals surface area (Å²) in [6.07, 6.45) is 5.66. The quantitative estimate of drug-likeness (QED) is 0.340. The summed E-state index contributed by atoms with van der Waals surface area (Å²) >= 11 is 3.38. The van der Waals surface area contributed by atoms with E-state index in [4.69, 9.17) is 4.98 Å². The van der Waals surface area contributed by atoms with Crippen LogP contribution in [0.4, 0.5) is 0 Å². The highest BCUT2D eigenvalue weighted by Gasteiger charge is 2.14. The molecule has 3 heterocycles. The molecule has 0 atom stereocenters. The van der Waals surface area contributed by atoms with Crippen molar-refractivity contribution in [2.24, 2.45) is 0 Å². The van der Waals surface area contributed by atoms with Gasteiger partial charge in [-0.1, -0.05) is 49.9 Å². The number of thioether (sulfide) groups is 1. The van der Waals surface area contributed by atoms with E-state index >= 15 is 0 Å². The zero-order valence-corrected chi connectivity index (χ0v) is 18.2. The minimum Gasteiger partial charge on any atom is -0.302 e. The predicted molar refractivity (Wildman–Crippen MR) is 120 cm³/mol. The van der Waals surface area contributed by atoms with Crippen LogP contribution < -0.4 is 0 Å². The number of aryl methyl sites for hydroxylation is 1. The Bertz CT molecular complexity index is 1050. The predicted octanol–water partition coefficient (Wildman–Crippen LogP) is 5.73. The summed E-state index contributed by atoms with van der Waals surface area (Å²) in [6.45, 7) is 5.23. The lowest BCUT2D eigenvalue weighted by atomic mass is 10.1. The van der Waals surface area contributed by atoms with Gasteiger partial charge >= 0.3 is 0 Å². The molecular formula is C22H23N5S2. The van der Waals surface area contributed by atoms with Crippen LogP contribution in [-0.2, 0) is 18.7 Å². The molecule has 0 radical (unpaired) electrons. The minimum absolute atomic E-state index is 0.780. The average Bonchev–Trinajstić information content (AvgIpc) is 3.40. The zero-order valence-electron chi connectivity index (χ0n) is 16.6. The van der Waals surface area contributed by atoms with Gasteiger partial charge < -0.3 is 4.57 Å². The van der Waals surface area contributed by atoms with Crippen molar-refractivity contribution in [3.63, 3.8) is 0 Å². The van der Waals surface area contributed by atoms with Crippen LogP contribution in [0.3, 0.4) is 0 Å². The third-order valence-electron chi connectivity index (χ3n) is 4.61. The summed E-state index contributed by atoms with van der Waals surface area (Å²) < 4.78 is 2.19. The fraction of sp³-hybridized carbons (Fsp3) is 0.273. The van der Waals surface area contributed by atoms with E-state index in [1.165, 1.54) is 11.1 Å². The molecule has 1 aromatic carbocycles. The molecule has 0 spiro atoms. The van der Waals surface area contributed by atoms with Gasteiger partial charge in [0.1, 0.15) is 5.01 Å². The molecular weight excluding hydrogens is 398 g/mol. The Morgan fingerprint density at radius 2 is 1.76 bits per heavy atom. The van der Waals surface area contributed by atoms with Crippen LogP contribution in [0.5, 0.6) is 0 Å². The van der Waals surface area contributed by atoms with Gasteiger partial charge in [-0.3, -0.25) is 4.98 Å². The molecule has 0 unspecified atom stereocenters. The van der Waals surface area contributed by atoms with Crippen LogP contribution in [0.2, 0.25) is 0 Å². The largest absolute Gasteiger partial charge is 0.302 e. The Morgan fingerprint density at radius 3 is 2.48 bits per heavy atom. The number of hydrogen-bond donors (Lipinski definition) is 0. The summed E-state index contributed by atoms with van der Waals surface area (Å²) in [5, 5.41) is 13.0. The highest BCUT2D eigenvalue weighted by Crippen LogP contribution is 2.29. The van der Waals surface area contributed by atoms with E-state index in [2.05, 4.69) is 63.2 Å². The number of aromatic nitrogens is 5. The molecule has 3 aromatic heterocycles. The van der Waals surface area contributed by atoms with Crippen molar-refractivity contribution in [3.05, 3.63) is 65.4 Å². The standard InChI is InChI=1S/C22H23N5S2/c1-3-13-27-20(17-9-11-23-12-10-17)25-26-22(27)29-15-19-14-28-21(24-19)18-7-5-16(4-2)6-8-18/h5-12,14H,3-4,13,15H2,1-2H3. The molecule has 0 saturated carbocycles. The highest BCUT2D eigenvalue weighted by atomic mass is 32.2. The Labute approximate surface area is 179 Å². The van der Waals surface area contributed by atoms with E-state index in [1.54, 1.807) is 35.5 Å². The Balaban J connectivity index is 1.49. The first-order chi connectivity index (χ1) is 14.3. The molecule has 29 heavy (non-hydrogen) atoms. The second-order valence-corrected chi connectivity index (χ2v) is 8.48. The number of thiazole rings is 1. The van der Waals surface area contributed by atoms with Crippen molar-refractivity contribution in [1.82, 2.24) is 24.7 Å². The Morgan fingerprint density at radius 1 is 0.966 bits per heavy atom. The fourth-order valence-electron chi connectivity index (χ4n) is 3.06. The average molecular weight is 422 g/mol. The second kappa shape index (κ2) is 9.33. The van der Waals surface area contributed by atoms with Crippen LogP contribution in [0, 0.1) is 0 Å². The van der Waals surface area contributed by atoms with Gasteiger partial charge in [0.05, 0.1) is 5.69 Å². The van der Waals surface area contributed by atoms with Gasteiger partial charge in [-0.15, -0.1) is 21.5 Å². The molecule has 4 rings (SSSR count). The second-order valence-electron chi connectivity index (χ2n) is 6.68. The molecule has 5 nitrogen and oxygen atoms in total. The SMILES string of the molecule is CCCn1c(SCc2csc(-c3ccc(CC)cc3)n2)nnc1-c1ccncc1. The molecule has 0 fully saturated rings. The van der Waals surface area contributed by atoms with Gasteiger partial charge in [0, 0.05) is 41.2 Å². The zero-order chi connectivity index (χ0) is 20.1. The molecule has 4 aromatic rings. The summed E-state index contributed by atoms with van der Waals surface area (Å²) in [4.78, 5) is 8.92. The molecule has 0 aliphatic rings. The van der Waals surface area contributed by atoms with E-state index < -0.39 is 0 Å². The molecule has 0 bridgehead atoms. The molecule has 7 heteroatoms. The smallest absolute Gasteiger partial charge is 0.191 e. The van der Waals surface area contributed by atoms with Gasteiger partial charge in [-0.25, -0.2) is 4.98 Å². The third kappa shape index (κ3) is 4.57. The topological polar surface area (TPSA) is 56.5 Å². The van der Waals surface area contributed by atoms with E-state index in [-0.39, 0.29) is 0 Å². The fourth-order valence-corrected chi connectivity index (χ4v) is 4.85. The number of pyridine rings is 1. The lowest BCUT2D eigenvalue weighted by Crippen LogP contribution is -2.02. The van der Waals surface area contributed by atoms with Gasteiger partial charge in [0.25, 0.3) is 0 Å². The summed E-state index contributed by atoms with van der Waals surface area (Å²) in [6, 6.07) is 12.6. The van der Waals surface area contributed by atoms with Gasteiger partial charge in [-0.2, -0.15) is 0 Å². The number of benzene rings is 1. The number of rotatable bonds is 8. The van der Waals surface area contributed by atoms with E-state index in [0.29, 0.717) is 0 Å². The molecule has 0 N–H and O–H groups in total. The van der Waals surface area contributed by atoms with Crippen molar-refractivity contribution >= 4 is 23.1 Å². The Hall–Kier alpha value is -2.51. The van der Waals surface area contributed by atoms with Gasteiger partial charge in [0.15, 0.2) is 11.0 Å². The van der Waals surface area contributed by atoms with Crippen LogP contribution in [0.1, 0.15) is 31.5 Å². The van der Waals surface area contributed by atoms with Crippen molar-refractivity contribution in [2.45, 2.75) is 44.1 Å². The van der Waals surface area contributed by atoms with Crippen molar-refractivity contribution in [2.75, 3.05) is 0 Å². The molecule has 148 valence electrons.